The largest absolute Gasteiger partial charge is 0.497 e. The molecule has 0 spiro atoms. The lowest BCUT2D eigenvalue weighted by Crippen LogP contribution is -2.58. The van der Waals surface area contributed by atoms with Gasteiger partial charge in [-0.3, -0.25) is 9.59 Å². The van der Waals surface area contributed by atoms with Crippen molar-refractivity contribution in [3.05, 3.63) is 71.8 Å². The van der Waals surface area contributed by atoms with Crippen molar-refractivity contribution in [1.29, 1.82) is 0 Å². The molecular weight excluding hydrogens is 632 g/mol. The number of Topliss-reactive ketones (excluding diaryl/α,β-unsaturated/α-hetero) is 2. The fraction of sp³-hybridized carbons (Fsp3) is 0.471. The maximum absolute atomic E-state index is 13.4. The average Bonchev–Trinajstić information content (AvgIpc) is 3.09. The summed E-state index contributed by atoms with van der Waals surface area (Å²) in [6.07, 6.45) is -8.64. The summed E-state index contributed by atoms with van der Waals surface area (Å²) in [6.45, 7) is -1.24. The third-order valence-electron chi connectivity index (χ3n) is 8.91. The van der Waals surface area contributed by atoms with Gasteiger partial charge in [-0.15, -0.1) is 0 Å². The van der Waals surface area contributed by atoms with Crippen molar-refractivity contribution in [3.8, 4) is 11.5 Å². The van der Waals surface area contributed by atoms with E-state index in [1.807, 2.05) is 30.3 Å². The molecule has 0 amide bonds. The average molecular weight is 673 g/mol. The summed E-state index contributed by atoms with van der Waals surface area (Å²) >= 11 is 0.816. The Morgan fingerprint density at radius 3 is 1.64 bits per heavy atom. The van der Waals surface area contributed by atoms with Crippen LogP contribution in [0.1, 0.15) is 33.6 Å². The third kappa shape index (κ3) is 7.64. The van der Waals surface area contributed by atoms with Gasteiger partial charge < -0.3 is 49.6 Å². The van der Waals surface area contributed by atoms with E-state index in [0.717, 1.165) is 22.5 Å². The molecule has 3 aromatic rings. The van der Waals surface area contributed by atoms with Gasteiger partial charge in [-0.05, 0) is 29.0 Å². The van der Waals surface area contributed by atoms with E-state index in [2.05, 4.69) is 0 Å². The normalized spacial score (nSPS) is 31.0. The Kier molecular flexibility index (Phi) is 11.5. The highest BCUT2D eigenvalue weighted by atomic mass is 32.2. The number of fused-ring (bicyclic) bond motifs is 1. The van der Waals surface area contributed by atoms with Gasteiger partial charge in [-0.25, -0.2) is 0 Å². The van der Waals surface area contributed by atoms with Crippen molar-refractivity contribution < 1.29 is 59.2 Å². The van der Waals surface area contributed by atoms with E-state index in [1.165, 1.54) is 26.4 Å². The van der Waals surface area contributed by atoms with Crippen LogP contribution in [0.4, 0.5) is 0 Å². The van der Waals surface area contributed by atoms with Crippen LogP contribution in [0.3, 0.4) is 0 Å². The lowest BCUT2D eigenvalue weighted by molar-refractivity contribution is -0.191. The van der Waals surface area contributed by atoms with Crippen LogP contribution < -0.4 is 9.47 Å². The SMILES string of the molecule is COc1cc(OC)cc(C(=O)CC2C(O)[C@H](S[C@@H]3OC(CO)[C@H](O)[C@H](CC(=O)c4ccc5ccccc5c4)C3O)O[C@H](CO)[C@@H]2O)c1. The Bertz CT molecular complexity index is 1530. The number of hydrogen-bond acceptors (Lipinski definition) is 13. The molecule has 0 aromatic heterocycles. The van der Waals surface area contributed by atoms with Gasteiger partial charge >= 0.3 is 0 Å². The number of methoxy groups -OCH3 is 2. The van der Waals surface area contributed by atoms with E-state index in [4.69, 9.17) is 18.9 Å². The summed E-state index contributed by atoms with van der Waals surface area (Å²) in [5.74, 6) is -2.14. The van der Waals surface area contributed by atoms with Crippen molar-refractivity contribution in [2.45, 2.75) is 60.3 Å². The van der Waals surface area contributed by atoms with E-state index in [-0.39, 0.29) is 24.2 Å². The molecule has 2 fully saturated rings. The van der Waals surface area contributed by atoms with Crippen LogP contribution in [-0.4, -0.2) is 117 Å². The second-order valence-corrected chi connectivity index (χ2v) is 13.0. The number of rotatable bonds is 12. The van der Waals surface area contributed by atoms with E-state index >= 15 is 0 Å². The summed E-state index contributed by atoms with van der Waals surface area (Å²) in [5, 5.41) is 66.5. The van der Waals surface area contributed by atoms with E-state index in [0.29, 0.717) is 17.1 Å². The Balaban J connectivity index is 1.33. The number of benzene rings is 3. The van der Waals surface area contributed by atoms with Crippen molar-refractivity contribution in [2.75, 3.05) is 27.4 Å². The molecule has 0 radical (unpaired) electrons. The molecule has 0 bridgehead atoms. The topological polar surface area (TPSA) is 192 Å². The Morgan fingerprint density at radius 1 is 0.660 bits per heavy atom. The lowest BCUT2D eigenvalue weighted by atomic mass is 9.84. The molecule has 254 valence electrons. The van der Waals surface area contributed by atoms with Crippen molar-refractivity contribution in [3.63, 3.8) is 0 Å². The minimum absolute atomic E-state index is 0.224. The minimum atomic E-state index is -1.47. The zero-order valence-corrected chi connectivity index (χ0v) is 26.7. The van der Waals surface area contributed by atoms with Crippen LogP contribution in [0.2, 0.25) is 0 Å². The number of hydrogen-bond donors (Lipinski definition) is 6. The van der Waals surface area contributed by atoms with Gasteiger partial charge in [0.25, 0.3) is 0 Å². The fourth-order valence-corrected chi connectivity index (χ4v) is 7.57. The summed E-state index contributed by atoms with van der Waals surface area (Å²) in [5.41, 5.74) is -1.79. The Morgan fingerprint density at radius 2 is 1.15 bits per heavy atom. The molecule has 12 nitrogen and oxygen atoms in total. The van der Waals surface area contributed by atoms with Gasteiger partial charge in [-0.1, -0.05) is 48.2 Å². The molecule has 6 N–H and O–H groups in total. The first-order valence-corrected chi connectivity index (χ1v) is 16.2. The van der Waals surface area contributed by atoms with Gasteiger partial charge in [-0.2, -0.15) is 0 Å². The molecule has 4 unspecified atom stereocenters. The highest BCUT2D eigenvalue weighted by molar-refractivity contribution is 8.00. The molecule has 5 rings (SSSR count). The number of ketones is 2. The molecule has 0 saturated carbocycles. The van der Waals surface area contributed by atoms with E-state index in [1.54, 1.807) is 18.2 Å². The number of thioether (sulfide) groups is 1. The summed E-state index contributed by atoms with van der Waals surface area (Å²) < 4.78 is 22.1. The van der Waals surface area contributed by atoms with Gasteiger partial charge in [0.15, 0.2) is 11.6 Å². The first kappa shape index (κ1) is 35.2. The Labute approximate surface area is 275 Å². The van der Waals surface area contributed by atoms with Gasteiger partial charge in [0.05, 0.1) is 51.8 Å². The standard InChI is InChI=1S/C34H40O12S/c1-43-21-10-20(11-22(12-21)44-2)26(38)14-24-30(40)28(16-36)46-34(32(24)42)47-33-31(41)23(29(39)27(15-35)45-33)13-25(37)19-8-7-17-5-3-4-6-18(17)9-19/h3-12,23-24,27-36,39-42H,13-16H2,1-2H3/t23-,24?,27?,28+,29+,30+,31?,32?,33-,34-/m0/s1. The second kappa shape index (κ2) is 15.4. The predicted octanol–water partition coefficient (Wildman–Crippen LogP) is 1.55. The van der Waals surface area contributed by atoms with Crippen molar-refractivity contribution in [2.24, 2.45) is 11.8 Å². The molecular formula is C34H40O12S. The van der Waals surface area contributed by atoms with Crippen LogP contribution >= 0.6 is 11.8 Å². The molecule has 3 aromatic carbocycles. The minimum Gasteiger partial charge on any atom is -0.497 e. The summed E-state index contributed by atoms with van der Waals surface area (Å²) in [7, 11) is 2.88. The third-order valence-corrected chi connectivity index (χ3v) is 10.2. The molecule has 2 aliphatic rings. The molecule has 13 heteroatoms. The summed E-state index contributed by atoms with van der Waals surface area (Å²) in [4.78, 5) is 26.7. The molecule has 47 heavy (non-hydrogen) atoms. The fourth-order valence-electron chi connectivity index (χ4n) is 6.16. The molecule has 10 atom stereocenters. The quantitative estimate of drug-likeness (QED) is 0.152. The molecule has 2 heterocycles. The summed E-state index contributed by atoms with van der Waals surface area (Å²) in [6, 6.07) is 17.4. The van der Waals surface area contributed by atoms with Crippen LogP contribution in [-0.2, 0) is 9.47 Å². The lowest BCUT2D eigenvalue weighted by Gasteiger charge is -2.46. The van der Waals surface area contributed by atoms with Crippen molar-refractivity contribution in [1.82, 2.24) is 0 Å². The van der Waals surface area contributed by atoms with Crippen LogP contribution in [0.25, 0.3) is 10.8 Å². The van der Waals surface area contributed by atoms with Gasteiger partial charge in [0, 0.05) is 41.9 Å². The predicted molar refractivity (Wildman–Crippen MR) is 171 cm³/mol. The molecule has 2 saturated heterocycles. The zero-order chi connectivity index (χ0) is 33.8. The first-order chi connectivity index (χ1) is 22.6. The van der Waals surface area contributed by atoms with Crippen LogP contribution in [0, 0.1) is 11.8 Å². The van der Waals surface area contributed by atoms with Crippen LogP contribution in [0.5, 0.6) is 11.5 Å². The van der Waals surface area contributed by atoms with E-state index in [9.17, 15) is 40.2 Å². The zero-order valence-electron chi connectivity index (χ0n) is 25.9. The van der Waals surface area contributed by atoms with E-state index < -0.39 is 78.3 Å². The number of aliphatic hydroxyl groups is 6. The monoisotopic (exact) mass is 672 g/mol. The first-order valence-electron chi connectivity index (χ1n) is 15.3. The second-order valence-electron chi connectivity index (χ2n) is 11.8. The highest BCUT2D eigenvalue weighted by Crippen LogP contribution is 2.42. The number of carbonyl (C=O) groups excluding carboxylic acids is 2. The molecule has 0 aliphatic carbocycles. The van der Waals surface area contributed by atoms with Gasteiger partial charge in [0.2, 0.25) is 0 Å². The van der Waals surface area contributed by atoms with Crippen molar-refractivity contribution >= 4 is 34.1 Å². The maximum atomic E-state index is 13.4. The smallest absolute Gasteiger partial charge is 0.163 e. The number of ether oxygens (including phenoxy) is 4. The highest BCUT2D eigenvalue weighted by Gasteiger charge is 2.50. The number of aliphatic hydroxyl groups excluding tert-OH is 6. The molecule has 2 aliphatic heterocycles. The maximum Gasteiger partial charge on any atom is 0.163 e. The van der Waals surface area contributed by atoms with Crippen LogP contribution in [0.15, 0.2) is 60.7 Å². The number of carbonyl (C=O) groups is 2. The van der Waals surface area contributed by atoms with Gasteiger partial charge in [0.1, 0.15) is 34.6 Å². The Hall–Kier alpha value is -3.11.